The van der Waals surface area contributed by atoms with Gasteiger partial charge in [0.25, 0.3) is 0 Å². The van der Waals surface area contributed by atoms with Crippen LogP contribution in [0.2, 0.25) is 0 Å². The Morgan fingerprint density at radius 1 is 0.484 bits per heavy atom. The molecule has 2 aromatic heterocycles. The number of aliphatic carboxylic acids is 1. The molecule has 0 radical (unpaired) electrons. The molecule has 0 bridgehead atoms. The van der Waals surface area contributed by atoms with Crippen LogP contribution in [0, 0.1) is 0 Å². The zero-order valence-electron chi connectivity index (χ0n) is 32.4. The van der Waals surface area contributed by atoms with Crippen molar-refractivity contribution < 1.29 is 14.7 Å². The number of thiophene rings is 2. The van der Waals surface area contributed by atoms with E-state index in [9.17, 15) is 47.9 Å². The molecule has 0 unspecified atom stereocenters. The van der Waals surface area contributed by atoms with Gasteiger partial charge in [-0.25, -0.2) is 0 Å². The molecule has 0 saturated carbocycles. The Balaban J connectivity index is 0.000000174. The first-order chi connectivity index (χ1) is 30.8. The molecule has 0 aliphatic heterocycles. The van der Waals surface area contributed by atoms with Gasteiger partial charge in [0.2, 0.25) is 21.7 Å². The van der Waals surface area contributed by atoms with Crippen molar-refractivity contribution in [2.45, 2.75) is 25.7 Å². The van der Waals surface area contributed by atoms with E-state index < -0.39 is 33.1 Å². The Kier molecular flexibility index (Phi) is 13.6. The van der Waals surface area contributed by atoms with Gasteiger partial charge in [0.15, 0.2) is 21.7 Å². The van der Waals surface area contributed by atoms with Gasteiger partial charge in [-0.1, -0.05) is 60.7 Å². The highest BCUT2D eigenvalue weighted by Crippen LogP contribution is 2.31. The molecule has 0 spiro atoms. The molecule has 0 saturated heterocycles. The minimum Gasteiger partial charge on any atom is -0.481 e. The van der Waals surface area contributed by atoms with Gasteiger partial charge < -0.3 is 9.90 Å². The minimum absolute atomic E-state index is 0.00126. The smallest absolute Gasteiger partial charge is 0.303 e. The van der Waals surface area contributed by atoms with Gasteiger partial charge >= 0.3 is 5.97 Å². The lowest BCUT2D eigenvalue weighted by molar-refractivity contribution is -0.137. The maximum Gasteiger partial charge on any atom is 0.303 e. The number of carboxylic acid groups (broad SMARTS) is 1. The summed E-state index contributed by atoms with van der Waals surface area (Å²) in [7, 11) is 0.917. The van der Waals surface area contributed by atoms with Crippen molar-refractivity contribution in [1.82, 2.24) is 0 Å². The van der Waals surface area contributed by atoms with E-state index in [4.69, 9.17) is 5.11 Å². The lowest BCUT2D eigenvalue weighted by Gasteiger charge is -2.02. The van der Waals surface area contributed by atoms with Crippen LogP contribution >= 0.6 is 22.7 Å². The molecule has 0 fully saturated rings. The number of hydrogen-bond donors (Lipinski definition) is 1. The summed E-state index contributed by atoms with van der Waals surface area (Å²) in [5.41, 5.74) is -1.88. The van der Waals surface area contributed by atoms with Gasteiger partial charge in [-0.3, -0.25) is 43.2 Å². The molecule has 0 atom stereocenters. The molecule has 2 heterocycles. The largest absolute Gasteiger partial charge is 0.481 e. The molecule has 10 rings (SSSR count). The summed E-state index contributed by atoms with van der Waals surface area (Å²) in [6.07, 6.45) is 1.66. The van der Waals surface area contributed by atoms with Crippen molar-refractivity contribution in [3.63, 3.8) is 0 Å². The van der Waals surface area contributed by atoms with E-state index in [-0.39, 0.29) is 113 Å². The lowest BCUT2D eigenvalue weighted by atomic mass is 9.99. The summed E-state index contributed by atoms with van der Waals surface area (Å²) < 4.78 is 0.506. The number of fused-ring (bicyclic) bond motifs is 10. The summed E-state index contributed by atoms with van der Waals surface area (Å²) in [5.74, 6) is -0.966. The minimum atomic E-state index is -0.966. The van der Waals surface area contributed by atoms with Crippen molar-refractivity contribution in [3.05, 3.63) is 178 Å². The Labute approximate surface area is 387 Å². The van der Waals surface area contributed by atoms with Gasteiger partial charge in [0.05, 0.1) is 40.3 Å². The summed E-state index contributed by atoms with van der Waals surface area (Å²) in [6, 6.07) is 22.4. The first kappa shape index (κ1) is 45.9. The monoisotopic (exact) mass is 976 g/mol. The number of rotatable bonds is 6. The second kappa shape index (κ2) is 18.9. The van der Waals surface area contributed by atoms with E-state index in [2.05, 4.69) is 44.8 Å². The van der Waals surface area contributed by atoms with Crippen LogP contribution in [0.1, 0.15) is 24.0 Å². The molecule has 8 aromatic carbocycles. The molecule has 11 nitrogen and oxygen atoms in total. The second-order valence-corrected chi connectivity index (χ2v) is 18.0. The average Bonchev–Trinajstić information content (AvgIpc) is 3.93. The van der Waals surface area contributed by atoms with Crippen molar-refractivity contribution in [2.24, 2.45) is 0 Å². The Morgan fingerprint density at radius 3 is 1.11 bits per heavy atom. The van der Waals surface area contributed by atoms with Gasteiger partial charge in [-0.2, -0.15) is 0 Å². The number of carbonyl (C=O) groups excluding carboxylic acids is 1. The quantitative estimate of drug-likeness (QED) is 0.206. The van der Waals surface area contributed by atoms with Crippen LogP contribution in [0.5, 0.6) is 0 Å². The van der Waals surface area contributed by atoms with Gasteiger partial charge in [-0.15, -0.1) is 22.7 Å². The summed E-state index contributed by atoms with van der Waals surface area (Å²) >= 11 is 17.4. The van der Waals surface area contributed by atoms with E-state index >= 15 is 0 Å². The molecule has 0 aliphatic carbocycles. The fraction of sp³-hybridized carbons (Fsp3) is 0.0870. The maximum absolute atomic E-state index is 13.3. The standard InChI is InChI=1S/C23H12O6S.C23H12O5S.S3.S2/c24-15(25)8-6-10-5-7-13-14(9-10)19(27)17-16-18(26)11-3-1-2-4-12(11)20(28)22(16)30-23(17)21(13)29;24-9-3-4-11-7-8-14-15(10-11)19(26)17-16-18(25)12-5-1-2-6-13(12)20(27)22(16)29-23(17)21(14)28;1-3-2;1-2/h1-5,7,9H,6,8H2,(H,24,25);1-2,5-10H,3-4H2;;. The number of benzene rings is 8. The summed E-state index contributed by atoms with van der Waals surface area (Å²) in [4.78, 5) is 126. The Bertz CT molecular complexity index is 4120. The number of hydrogen-bond acceptors (Lipinski definition) is 16. The van der Waals surface area contributed by atoms with Crippen LogP contribution < -0.4 is 43.4 Å². The van der Waals surface area contributed by atoms with E-state index in [0.29, 0.717) is 18.4 Å². The van der Waals surface area contributed by atoms with E-state index in [1.807, 2.05) is 0 Å². The van der Waals surface area contributed by atoms with Crippen molar-refractivity contribution >= 4 is 172 Å². The zero-order valence-corrected chi connectivity index (χ0v) is 38.1. The maximum atomic E-state index is 13.3. The van der Waals surface area contributed by atoms with Crippen LogP contribution in [-0.4, -0.2) is 17.4 Å². The van der Waals surface area contributed by atoms with Crippen molar-refractivity contribution in [2.75, 3.05) is 0 Å². The van der Waals surface area contributed by atoms with E-state index in [1.54, 1.807) is 66.7 Å². The van der Waals surface area contributed by atoms with Crippen molar-refractivity contribution in [1.29, 1.82) is 0 Å². The molecule has 0 amide bonds. The Hall–Kier alpha value is -6.12. The van der Waals surface area contributed by atoms with Gasteiger partial charge in [0, 0.05) is 110 Å². The molecular formula is C46H24O11S7. The van der Waals surface area contributed by atoms with Crippen LogP contribution in [0.25, 0.3) is 83.4 Å². The second-order valence-electron chi connectivity index (χ2n) is 14.2. The SMILES string of the molecule is O=C(O)CCc1ccc2c(=O)c3sc4c(=O)c5ccccc5c(=O)c4c3c(=O)c2c1.O=CCCc1ccc2c(=O)c3sc4c(=O)c5ccccc5c(=O)c4c3c(=O)c2c1.S=S.S=S=S. The van der Waals surface area contributed by atoms with Gasteiger partial charge in [-0.05, 0) is 48.2 Å². The van der Waals surface area contributed by atoms with Crippen LogP contribution in [0.3, 0.4) is 0 Å². The normalized spacial score (nSPS) is 11.1. The molecular weight excluding hydrogens is 953 g/mol. The van der Waals surface area contributed by atoms with E-state index in [1.165, 1.54) is 18.2 Å². The predicted molar refractivity (Wildman–Crippen MR) is 271 cm³/mol. The number of carboxylic acids is 1. The fourth-order valence-corrected chi connectivity index (χ4v) is 10.3. The molecule has 0 aliphatic rings. The third-order valence-corrected chi connectivity index (χ3v) is 13.1. The third-order valence-electron chi connectivity index (χ3n) is 10.7. The van der Waals surface area contributed by atoms with Crippen LogP contribution in [0.15, 0.2) is 123 Å². The molecule has 64 heavy (non-hydrogen) atoms. The fourth-order valence-electron chi connectivity index (χ4n) is 7.90. The number of aldehydes is 1. The summed E-state index contributed by atoms with van der Waals surface area (Å²) in [6.45, 7) is 0. The third kappa shape index (κ3) is 7.80. The van der Waals surface area contributed by atoms with Gasteiger partial charge in [0.1, 0.15) is 6.29 Å². The highest BCUT2D eigenvalue weighted by atomic mass is 33.1. The Morgan fingerprint density at radius 2 is 0.781 bits per heavy atom. The first-order valence-electron chi connectivity index (χ1n) is 18.7. The molecule has 316 valence electrons. The van der Waals surface area contributed by atoms with Crippen LogP contribution in [0.4, 0.5) is 0 Å². The predicted octanol–water partition coefficient (Wildman–Crippen LogP) is 5.49. The zero-order chi connectivity index (χ0) is 46.1. The van der Waals surface area contributed by atoms with Crippen LogP contribution in [-0.2, 0) is 76.1 Å². The topological polar surface area (TPSA) is 191 Å². The lowest BCUT2D eigenvalue weighted by Crippen LogP contribution is -2.15. The van der Waals surface area contributed by atoms with E-state index in [0.717, 1.165) is 43.4 Å². The summed E-state index contributed by atoms with van der Waals surface area (Å²) in [5, 5.41) is 10.8. The first-order valence-corrected chi connectivity index (χ1v) is 24.3. The average molecular weight is 977 g/mol. The highest BCUT2D eigenvalue weighted by Gasteiger charge is 2.24. The molecule has 1 N–H and O–H groups in total. The molecule has 10 aromatic rings. The number of carbonyl (C=O) groups is 2. The molecule has 18 heteroatoms. The number of aryl methyl sites for hydroxylation is 2. The van der Waals surface area contributed by atoms with Crippen molar-refractivity contribution in [3.8, 4) is 0 Å². The highest BCUT2D eigenvalue weighted by molar-refractivity contribution is 8.37.